The van der Waals surface area contributed by atoms with Gasteiger partial charge in [0.2, 0.25) is 0 Å². The summed E-state index contributed by atoms with van der Waals surface area (Å²) in [6.45, 7) is 4.18. The monoisotopic (exact) mass is 310 g/mol. The fourth-order valence-corrected chi connectivity index (χ4v) is 1.68. The Balaban J connectivity index is 3.94. The van der Waals surface area contributed by atoms with E-state index in [9.17, 15) is 9.00 Å². The van der Waals surface area contributed by atoms with E-state index in [1.165, 1.54) is 18.8 Å². The number of nitrogens with zero attached hydrogens (tertiary/aromatic N) is 2. The second-order valence-electron chi connectivity index (χ2n) is 3.77. The van der Waals surface area contributed by atoms with Crippen LogP contribution in [0.15, 0.2) is 5.16 Å². The molecule has 0 radical (unpaired) electrons. The lowest BCUT2D eigenvalue weighted by Gasteiger charge is -2.12. The van der Waals surface area contributed by atoms with E-state index in [1.807, 2.05) is 6.26 Å². The van der Waals surface area contributed by atoms with Crippen molar-refractivity contribution < 1.29 is 18.0 Å². The van der Waals surface area contributed by atoms with E-state index in [-0.39, 0.29) is 0 Å². The topological polar surface area (TPSA) is 68.2 Å². The van der Waals surface area contributed by atoms with E-state index in [2.05, 4.69) is 16.9 Å². The summed E-state index contributed by atoms with van der Waals surface area (Å²) in [5.41, 5.74) is 0. The van der Waals surface area contributed by atoms with Gasteiger partial charge in [-0.3, -0.25) is 9.02 Å². The molecule has 0 fully saturated rings. The van der Waals surface area contributed by atoms with E-state index >= 15 is 0 Å². The van der Waals surface area contributed by atoms with Crippen molar-refractivity contribution in [3.8, 4) is 0 Å². The Morgan fingerprint density at radius 3 is 2.63 bits per heavy atom. The summed E-state index contributed by atoms with van der Waals surface area (Å²) >= 11 is -0.479. The summed E-state index contributed by atoms with van der Waals surface area (Å²) in [6, 6.07) is 0. The molecule has 0 saturated carbocycles. The van der Waals surface area contributed by atoms with Gasteiger partial charge in [-0.1, -0.05) is 31.3 Å². The van der Waals surface area contributed by atoms with Gasteiger partial charge in [0.15, 0.2) is 0 Å². The van der Waals surface area contributed by atoms with Crippen molar-refractivity contribution in [1.29, 1.82) is 0 Å². The van der Waals surface area contributed by atoms with Gasteiger partial charge in [-0.05, 0) is 19.6 Å². The molecule has 8 heteroatoms. The molecule has 0 aliphatic heterocycles. The molecule has 0 aliphatic carbocycles. The van der Waals surface area contributed by atoms with Crippen molar-refractivity contribution in [1.82, 2.24) is 4.31 Å². The van der Waals surface area contributed by atoms with Gasteiger partial charge in [0.05, 0.1) is 6.61 Å². The van der Waals surface area contributed by atoms with Crippen LogP contribution in [0.25, 0.3) is 0 Å². The average molecular weight is 310 g/mol. The van der Waals surface area contributed by atoms with E-state index < -0.39 is 17.4 Å². The molecule has 0 aliphatic rings. The zero-order valence-electron chi connectivity index (χ0n) is 11.9. The highest BCUT2D eigenvalue weighted by atomic mass is 32.2. The van der Waals surface area contributed by atoms with Gasteiger partial charge in [-0.15, -0.1) is 11.8 Å². The average Bonchev–Trinajstić information content (AvgIpc) is 2.42. The molecule has 0 aromatic heterocycles. The second-order valence-corrected chi connectivity index (χ2v) is 5.99. The maximum Gasteiger partial charge on any atom is 0.449 e. The van der Waals surface area contributed by atoms with Crippen LogP contribution < -0.4 is 0 Å². The van der Waals surface area contributed by atoms with E-state index in [1.54, 1.807) is 6.92 Å². The largest absolute Gasteiger partial charge is 0.449 e. The van der Waals surface area contributed by atoms with Crippen LogP contribution in [0, 0.1) is 0 Å². The van der Waals surface area contributed by atoms with Crippen molar-refractivity contribution in [2.45, 2.75) is 39.5 Å². The fraction of sp³-hybridized carbons (Fsp3) is 0.818. The highest BCUT2D eigenvalue weighted by Gasteiger charge is 2.18. The van der Waals surface area contributed by atoms with Crippen molar-refractivity contribution in [3.63, 3.8) is 0 Å². The number of hydrogen-bond acceptors (Lipinski definition) is 6. The Morgan fingerprint density at radius 1 is 1.37 bits per heavy atom. The minimum absolute atomic E-state index is 0.358. The highest BCUT2D eigenvalue weighted by Crippen LogP contribution is 2.04. The lowest BCUT2D eigenvalue weighted by atomic mass is 10.2. The van der Waals surface area contributed by atoms with Gasteiger partial charge in [-0.2, -0.15) is 0 Å². The minimum atomic E-state index is -1.83. The van der Waals surface area contributed by atoms with Crippen LogP contribution >= 0.6 is 11.8 Å². The molecule has 0 N–H and O–H groups in total. The standard InChI is InChI=1S/C11H22N2O4S2/c1-5-6-7-8-9-16-19(15)13(3)11(14)17-12-10(2)18-4/h5-9H2,1-4H3/b12-10-. The van der Waals surface area contributed by atoms with Crippen molar-refractivity contribution >= 4 is 34.2 Å². The number of unbranched alkanes of at least 4 members (excludes halogenated alkanes) is 3. The first-order valence-corrected chi connectivity index (χ1v) is 8.37. The molecule has 19 heavy (non-hydrogen) atoms. The maximum absolute atomic E-state index is 11.6. The number of thioether (sulfide) groups is 1. The van der Waals surface area contributed by atoms with Crippen LogP contribution in [-0.4, -0.2) is 39.6 Å². The Labute approximate surface area is 121 Å². The van der Waals surface area contributed by atoms with Gasteiger partial charge in [0.25, 0.3) is 11.3 Å². The maximum atomic E-state index is 11.6. The second kappa shape index (κ2) is 11.2. The number of hydrogen-bond donors (Lipinski definition) is 0. The third-order valence-electron chi connectivity index (χ3n) is 2.21. The molecule has 0 aromatic rings. The Kier molecular flexibility index (Phi) is 10.9. The summed E-state index contributed by atoms with van der Waals surface area (Å²) in [5.74, 6) is 0. The van der Waals surface area contributed by atoms with Crippen LogP contribution in [0.4, 0.5) is 4.79 Å². The number of amides is 1. The van der Waals surface area contributed by atoms with E-state index in [0.717, 1.165) is 30.0 Å². The van der Waals surface area contributed by atoms with Crippen LogP contribution in [-0.2, 0) is 20.3 Å². The van der Waals surface area contributed by atoms with Crippen LogP contribution in [0.1, 0.15) is 39.5 Å². The lowest BCUT2D eigenvalue weighted by molar-refractivity contribution is 0.133. The first-order chi connectivity index (χ1) is 9.02. The highest BCUT2D eigenvalue weighted by molar-refractivity contribution is 8.13. The molecule has 1 amide bonds. The van der Waals surface area contributed by atoms with Crippen LogP contribution in [0.2, 0.25) is 0 Å². The first-order valence-electron chi connectivity index (χ1n) is 6.11. The van der Waals surface area contributed by atoms with Crippen molar-refractivity contribution in [3.05, 3.63) is 0 Å². The van der Waals surface area contributed by atoms with Gasteiger partial charge in [0.1, 0.15) is 5.04 Å². The molecular weight excluding hydrogens is 288 g/mol. The molecule has 112 valence electrons. The molecule has 0 saturated heterocycles. The summed E-state index contributed by atoms with van der Waals surface area (Å²) < 4.78 is 17.5. The fourth-order valence-electron chi connectivity index (χ4n) is 0.997. The quantitative estimate of drug-likeness (QED) is 0.227. The third kappa shape index (κ3) is 9.01. The van der Waals surface area contributed by atoms with Crippen molar-refractivity contribution in [2.24, 2.45) is 5.16 Å². The summed E-state index contributed by atoms with van der Waals surface area (Å²) in [6.07, 6.45) is 5.11. The van der Waals surface area contributed by atoms with Crippen molar-refractivity contribution in [2.75, 3.05) is 19.9 Å². The molecule has 0 aromatic carbocycles. The molecule has 6 nitrogen and oxygen atoms in total. The predicted octanol–water partition coefficient (Wildman–Crippen LogP) is 2.93. The zero-order chi connectivity index (χ0) is 14.7. The van der Waals surface area contributed by atoms with E-state index in [4.69, 9.17) is 4.18 Å². The summed E-state index contributed by atoms with van der Waals surface area (Å²) in [4.78, 5) is 16.1. The number of oxime groups is 1. The zero-order valence-corrected chi connectivity index (χ0v) is 13.5. The van der Waals surface area contributed by atoms with Crippen LogP contribution in [0.3, 0.4) is 0 Å². The predicted molar refractivity (Wildman–Crippen MR) is 79.1 cm³/mol. The van der Waals surface area contributed by atoms with Crippen LogP contribution in [0.5, 0.6) is 0 Å². The smallest absolute Gasteiger partial charge is 0.296 e. The van der Waals surface area contributed by atoms with Gasteiger partial charge >= 0.3 is 6.09 Å². The molecule has 1 atom stereocenters. The molecular formula is C11H22N2O4S2. The van der Waals surface area contributed by atoms with Gasteiger partial charge in [0, 0.05) is 7.05 Å². The van der Waals surface area contributed by atoms with E-state index in [0.29, 0.717) is 11.7 Å². The number of carbonyl (C=O) groups excluding carboxylic acids is 1. The molecule has 1 unspecified atom stereocenters. The normalized spacial score (nSPS) is 13.2. The Morgan fingerprint density at radius 2 is 2.05 bits per heavy atom. The molecule has 0 heterocycles. The SMILES string of the molecule is CCCCCCOS(=O)N(C)C(=O)O/N=C(/C)SC. The molecule has 0 spiro atoms. The summed E-state index contributed by atoms with van der Waals surface area (Å²) in [5, 5.41) is 4.17. The Bertz CT molecular complexity index is 324. The first kappa shape index (κ1) is 18.4. The molecule has 0 bridgehead atoms. The Hall–Kier alpha value is -0.600. The third-order valence-corrected chi connectivity index (χ3v) is 3.84. The number of rotatable bonds is 8. The number of carbonyl (C=O) groups is 1. The minimum Gasteiger partial charge on any atom is -0.296 e. The van der Waals surface area contributed by atoms with Gasteiger partial charge < -0.3 is 0 Å². The molecule has 0 rings (SSSR count). The lowest BCUT2D eigenvalue weighted by Crippen LogP contribution is -2.30. The van der Waals surface area contributed by atoms with Gasteiger partial charge in [-0.25, -0.2) is 13.3 Å². The summed E-state index contributed by atoms with van der Waals surface area (Å²) in [7, 11) is 1.34.